The van der Waals surface area contributed by atoms with Crippen LogP contribution in [0.4, 0.5) is 10.5 Å². The van der Waals surface area contributed by atoms with Gasteiger partial charge in [-0.3, -0.25) is 9.78 Å². The van der Waals surface area contributed by atoms with E-state index in [1.807, 2.05) is 6.07 Å². The van der Waals surface area contributed by atoms with Crippen molar-refractivity contribution in [2.45, 2.75) is 5.25 Å². The Morgan fingerprint density at radius 2 is 2.14 bits per heavy atom. The van der Waals surface area contributed by atoms with Crippen LogP contribution in [0.15, 0.2) is 46.9 Å². The van der Waals surface area contributed by atoms with Gasteiger partial charge in [0, 0.05) is 6.20 Å². The second kappa shape index (κ2) is 6.51. The normalized spacial score (nSPS) is 17.2. The molecule has 0 radical (unpaired) electrons. The Bertz CT molecular complexity index is 746. The molecule has 0 bridgehead atoms. The molecule has 1 atom stereocenters. The number of nitrogens with one attached hydrogen (secondary N) is 2. The fraction of sp³-hybridized carbons (Fsp3) is 0.0714. The third-order valence-electron chi connectivity index (χ3n) is 2.90. The standard InChI is InChI=1S/C14H10ClN3O2S2/c15-13-9(4-6-21-13)17-14(20)18-10-7-22-12(11(10)19)8-3-1-2-5-16-8/h1-7,12H,(H2,17,18,20). The number of halogens is 1. The van der Waals surface area contributed by atoms with Crippen molar-refractivity contribution in [1.29, 1.82) is 0 Å². The summed E-state index contributed by atoms with van der Waals surface area (Å²) in [6, 6.07) is 6.60. The SMILES string of the molecule is O=C(NC1=CSC(c2ccccn2)C1=O)Nc1ccsc1Cl. The highest BCUT2D eigenvalue weighted by Gasteiger charge is 2.31. The number of nitrogens with zero attached hydrogens (tertiary/aromatic N) is 1. The van der Waals surface area contributed by atoms with Crippen LogP contribution in [-0.4, -0.2) is 16.8 Å². The third-order valence-corrected chi connectivity index (χ3v) is 5.17. The van der Waals surface area contributed by atoms with Crippen molar-refractivity contribution in [1.82, 2.24) is 10.3 Å². The van der Waals surface area contributed by atoms with Crippen LogP contribution in [0.1, 0.15) is 10.9 Å². The molecular weight excluding hydrogens is 342 g/mol. The van der Waals surface area contributed by atoms with E-state index < -0.39 is 11.3 Å². The van der Waals surface area contributed by atoms with Crippen LogP contribution in [0.5, 0.6) is 0 Å². The van der Waals surface area contributed by atoms with Crippen LogP contribution < -0.4 is 10.6 Å². The number of ketones is 1. The van der Waals surface area contributed by atoms with Gasteiger partial charge in [-0.05, 0) is 29.0 Å². The van der Waals surface area contributed by atoms with Gasteiger partial charge in [-0.15, -0.1) is 23.1 Å². The highest BCUT2D eigenvalue weighted by atomic mass is 35.5. The number of hydrogen-bond donors (Lipinski definition) is 2. The van der Waals surface area contributed by atoms with Crippen molar-refractivity contribution in [2.24, 2.45) is 0 Å². The van der Waals surface area contributed by atoms with Crippen molar-refractivity contribution in [3.05, 3.63) is 57.0 Å². The Kier molecular flexibility index (Phi) is 4.47. The molecule has 8 heteroatoms. The Morgan fingerprint density at radius 3 is 2.82 bits per heavy atom. The van der Waals surface area contributed by atoms with Crippen molar-refractivity contribution < 1.29 is 9.59 Å². The first kappa shape index (κ1) is 15.1. The molecule has 0 aromatic carbocycles. The summed E-state index contributed by atoms with van der Waals surface area (Å²) in [6.07, 6.45) is 1.64. The van der Waals surface area contributed by atoms with E-state index in [0.717, 1.165) is 0 Å². The highest BCUT2D eigenvalue weighted by Crippen LogP contribution is 2.37. The number of allylic oxidation sites excluding steroid dienone is 1. The van der Waals surface area contributed by atoms with Gasteiger partial charge in [0.15, 0.2) is 5.78 Å². The monoisotopic (exact) mass is 351 g/mol. The van der Waals surface area contributed by atoms with Crippen molar-refractivity contribution in [3.63, 3.8) is 0 Å². The maximum absolute atomic E-state index is 12.3. The zero-order chi connectivity index (χ0) is 15.5. The molecule has 3 heterocycles. The average Bonchev–Trinajstić information content (AvgIpc) is 3.07. The summed E-state index contributed by atoms with van der Waals surface area (Å²) in [7, 11) is 0. The highest BCUT2D eigenvalue weighted by molar-refractivity contribution is 8.03. The number of thiophene rings is 1. The van der Waals surface area contributed by atoms with Crippen molar-refractivity contribution in [3.8, 4) is 0 Å². The lowest BCUT2D eigenvalue weighted by atomic mass is 10.1. The molecule has 1 aliphatic rings. The molecule has 1 aliphatic heterocycles. The smallest absolute Gasteiger partial charge is 0.305 e. The maximum atomic E-state index is 12.3. The molecule has 0 spiro atoms. The number of carbonyl (C=O) groups is 2. The number of aromatic nitrogens is 1. The van der Waals surface area contributed by atoms with Gasteiger partial charge in [0.1, 0.15) is 9.59 Å². The number of thioether (sulfide) groups is 1. The zero-order valence-electron chi connectivity index (χ0n) is 11.1. The molecule has 1 unspecified atom stereocenters. The molecule has 2 N–H and O–H groups in total. The molecule has 0 saturated heterocycles. The number of Topliss-reactive ketones (excluding diaryl/α,β-unsaturated/α-hetero) is 1. The molecule has 22 heavy (non-hydrogen) atoms. The second-order valence-electron chi connectivity index (χ2n) is 4.35. The summed E-state index contributed by atoms with van der Waals surface area (Å²) in [6.45, 7) is 0. The lowest BCUT2D eigenvalue weighted by molar-refractivity contribution is -0.115. The summed E-state index contributed by atoms with van der Waals surface area (Å²) in [5, 5.41) is 8.14. The maximum Gasteiger partial charge on any atom is 0.323 e. The number of anilines is 1. The van der Waals surface area contributed by atoms with Crippen LogP contribution in [0.25, 0.3) is 0 Å². The molecule has 5 nitrogen and oxygen atoms in total. The number of rotatable bonds is 3. The number of carbonyl (C=O) groups excluding carboxylic acids is 2. The van der Waals surface area contributed by atoms with E-state index in [1.54, 1.807) is 35.2 Å². The lowest BCUT2D eigenvalue weighted by Gasteiger charge is -2.09. The molecule has 3 rings (SSSR count). The van der Waals surface area contributed by atoms with Crippen LogP contribution in [0.3, 0.4) is 0 Å². The van der Waals surface area contributed by atoms with E-state index in [-0.39, 0.29) is 11.5 Å². The van der Waals surface area contributed by atoms with Crippen LogP contribution >= 0.6 is 34.7 Å². The first-order valence-corrected chi connectivity index (χ1v) is 8.47. The number of hydrogen-bond acceptors (Lipinski definition) is 5. The van der Waals surface area contributed by atoms with E-state index in [4.69, 9.17) is 11.6 Å². The molecule has 2 amide bonds. The van der Waals surface area contributed by atoms with Gasteiger partial charge in [0.25, 0.3) is 0 Å². The fourth-order valence-corrected chi connectivity index (χ4v) is 3.69. The predicted octanol–water partition coefficient (Wildman–Crippen LogP) is 3.82. The van der Waals surface area contributed by atoms with Gasteiger partial charge < -0.3 is 10.6 Å². The van der Waals surface area contributed by atoms with E-state index >= 15 is 0 Å². The number of amides is 2. The predicted molar refractivity (Wildman–Crippen MR) is 89.1 cm³/mol. The lowest BCUT2D eigenvalue weighted by Crippen LogP contribution is -2.31. The Labute approximate surface area is 139 Å². The topological polar surface area (TPSA) is 71.1 Å². The second-order valence-corrected chi connectivity index (χ2v) is 6.85. The van der Waals surface area contributed by atoms with E-state index in [0.29, 0.717) is 15.7 Å². The van der Waals surface area contributed by atoms with Gasteiger partial charge in [-0.2, -0.15) is 0 Å². The number of pyridine rings is 1. The average molecular weight is 352 g/mol. The molecule has 2 aromatic heterocycles. The molecule has 112 valence electrons. The molecule has 0 fully saturated rings. The minimum atomic E-state index is -0.498. The summed E-state index contributed by atoms with van der Waals surface area (Å²) in [4.78, 5) is 28.4. The summed E-state index contributed by atoms with van der Waals surface area (Å²) in [5.41, 5.74) is 1.44. The summed E-state index contributed by atoms with van der Waals surface area (Å²) in [5.74, 6) is -0.171. The molecule has 0 saturated carbocycles. The van der Waals surface area contributed by atoms with Crippen molar-refractivity contribution >= 4 is 52.2 Å². The van der Waals surface area contributed by atoms with Gasteiger partial charge in [0.2, 0.25) is 0 Å². The Balaban J connectivity index is 1.63. The Morgan fingerprint density at radius 1 is 1.27 bits per heavy atom. The van der Waals surface area contributed by atoms with E-state index in [2.05, 4.69) is 15.6 Å². The van der Waals surface area contributed by atoms with Crippen LogP contribution in [0.2, 0.25) is 4.34 Å². The van der Waals surface area contributed by atoms with Gasteiger partial charge in [0.05, 0.1) is 17.1 Å². The van der Waals surface area contributed by atoms with Crippen molar-refractivity contribution in [2.75, 3.05) is 5.32 Å². The van der Waals surface area contributed by atoms with Crippen LogP contribution in [-0.2, 0) is 4.79 Å². The minimum Gasteiger partial charge on any atom is -0.305 e. The van der Waals surface area contributed by atoms with E-state index in [1.165, 1.54) is 23.1 Å². The summed E-state index contributed by atoms with van der Waals surface area (Å²) < 4.78 is 0.489. The van der Waals surface area contributed by atoms with E-state index in [9.17, 15) is 9.59 Å². The molecular formula is C14H10ClN3O2S2. The quantitative estimate of drug-likeness (QED) is 0.881. The fourth-order valence-electron chi connectivity index (χ4n) is 1.88. The number of urea groups is 1. The molecule has 2 aromatic rings. The first-order chi connectivity index (χ1) is 10.6. The molecule has 0 aliphatic carbocycles. The van der Waals surface area contributed by atoms with Gasteiger partial charge in [-0.25, -0.2) is 4.79 Å². The third kappa shape index (κ3) is 3.16. The minimum absolute atomic E-state index is 0.171. The van der Waals surface area contributed by atoms with Gasteiger partial charge in [-0.1, -0.05) is 17.7 Å². The van der Waals surface area contributed by atoms with Crippen LogP contribution in [0, 0.1) is 0 Å². The zero-order valence-corrected chi connectivity index (χ0v) is 13.5. The summed E-state index contributed by atoms with van der Waals surface area (Å²) >= 11 is 8.56. The van der Waals surface area contributed by atoms with Gasteiger partial charge >= 0.3 is 6.03 Å². The Hall–Kier alpha value is -1.83. The first-order valence-electron chi connectivity index (χ1n) is 6.27. The largest absolute Gasteiger partial charge is 0.323 e.